The van der Waals surface area contributed by atoms with Crippen molar-refractivity contribution in [3.8, 4) is 0 Å². The summed E-state index contributed by atoms with van der Waals surface area (Å²) in [5, 5.41) is 14.7. The van der Waals surface area contributed by atoms with Crippen molar-refractivity contribution < 1.29 is 5.11 Å². The fraction of sp³-hybridized carbons (Fsp3) is 0.471. The van der Waals surface area contributed by atoms with Gasteiger partial charge in [-0.3, -0.25) is 0 Å². The highest BCUT2D eigenvalue weighted by Crippen LogP contribution is 2.29. The van der Waals surface area contributed by atoms with Crippen LogP contribution in [0.4, 0.5) is 5.82 Å². The second-order valence-electron chi connectivity index (χ2n) is 6.22. The number of aromatic nitrogens is 1. The van der Waals surface area contributed by atoms with Gasteiger partial charge in [-0.05, 0) is 38.9 Å². The zero-order valence-electron chi connectivity index (χ0n) is 12.8. The van der Waals surface area contributed by atoms with Crippen molar-refractivity contribution in [2.24, 2.45) is 0 Å². The largest absolute Gasteiger partial charge is 0.388 e. The maximum absolute atomic E-state index is 10.4. The van der Waals surface area contributed by atoms with Crippen molar-refractivity contribution in [1.29, 1.82) is 0 Å². The third kappa shape index (κ3) is 3.01. The molecule has 0 aliphatic carbocycles. The van der Waals surface area contributed by atoms with Gasteiger partial charge in [-0.2, -0.15) is 0 Å². The first-order valence-electron chi connectivity index (χ1n) is 7.60. The smallest absolute Gasteiger partial charge is 0.133 e. The molecule has 1 saturated heterocycles. The molecule has 0 bridgehead atoms. The molecule has 4 heteroatoms. The Labute approximate surface area is 125 Å². The van der Waals surface area contributed by atoms with Crippen LogP contribution in [0.2, 0.25) is 0 Å². The molecule has 0 amide bonds. The summed E-state index contributed by atoms with van der Waals surface area (Å²) in [6.07, 6.45) is 1.86. The maximum Gasteiger partial charge on any atom is 0.133 e. The van der Waals surface area contributed by atoms with Gasteiger partial charge in [-0.15, -0.1) is 0 Å². The standard InChI is InChI=1S/C17H23N3O/c1-17(21)8-5-9-20(12-17)16-14(11-18-2)10-13-6-3-4-7-15(13)19-16/h3-4,6-7,10,18,21H,5,8-9,11-12H2,1-2H3. The van der Waals surface area contributed by atoms with Crippen LogP contribution in [0.15, 0.2) is 30.3 Å². The minimum atomic E-state index is -0.623. The van der Waals surface area contributed by atoms with E-state index in [4.69, 9.17) is 4.98 Å². The highest BCUT2D eigenvalue weighted by molar-refractivity contribution is 5.81. The van der Waals surface area contributed by atoms with Gasteiger partial charge in [0, 0.05) is 30.6 Å². The topological polar surface area (TPSA) is 48.4 Å². The number of piperidine rings is 1. The van der Waals surface area contributed by atoms with E-state index >= 15 is 0 Å². The summed E-state index contributed by atoms with van der Waals surface area (Å²) in [5.74, 6) is 1.00. The molecular formula is C17H23N3O. The number of hydrogen-bond acceptors (Lipinski definition) is 4. The maximum atomic E-state index is 10.4. The summed E-state index contributed by atoms with van der Waals surface area (Å²) in [6.45, 7) is 4.30. The lowest BCUT2D eigenvalue weighted by molar-refractivity contribution is 0.0447. The van der Waals surface area contributed by atoms with Gasteiger partial charge in [-0.1, -0.05) is 18.2 Å². The van der Waals surface area contributed by atoms with Gasteiger partial charge >= 0.3 is 0 Å². The second-order valence-corrected chi connectivity index (χ2v) is 6.22. The molecule has 1 aromatic carbocycles. The number of fused-ring (bicyclic) bond motifs is 1. The molecule has 112 valence electrons. The van der Waals surface area contributed by atoms with Crippen LogP contribution in [-0.4, -0.2) is 35.8 Å². The molecule has 1 aliphatic heterocycles. The monoisotopic (exact) mass is 285 g/mol. The average Bonchev–Trinajstić information content (AvgIpc) is 2.46. The molecule has 3 rings (SSSR count). The zero-order valence-corrected chi connectivity index (χ0v) is 12.8. The van der Waals surface area contributed by atoms with Crippen molar-refractivity contribution in [3.05, 3.63) is 35.9 Å². The van der Waals surface area contributed by atoms with Crippen LogP contribution in [-0.2, 0) is 6.54 Å². The number of anilines is 1. The lowest BCUT2D eigenvalue weighted by Crippen LogP contribution is -2.46. The molecular weight excluding hydrogens is 262 g/mol. The Hall–Kier alpha value is -1.65. The van der Waals surface area contributed by atoms with E-state index in [0.717, 1.165) is 42.7 Å². The molecule has 0 saturated carbocycles. The molecule has 2 aromatic rings. The summed E-state index contributed by atoms with van der Waals surface area (Å²) in [4.78, 5) is 7.08. The van der Waals surface area contributed by atoms with Crippen LogP contribution in [0.25, 0.3) is 10.9 Å². The minimum absolute atomic E-state index is 0.623. The Kier molecular flexibility index (Phi) is 3.83. The molecule has 21 heavy (non-hydrogen) atoms. The number of nitrogens with one attached hydrogen (secondary N) is 1. The lowest BCUT2D eigenvalue weighted by Gasteiger charge is -2.38. The molecule has 1 unspecified atom stereocenters. The van der Waals surface area contributed by atoms with E-state index in [9.17, 15) is 5.11 Å². The summed E-state index contributed by atoms with van der Waals surface area (Å²) in [5.41, 5.74) is 1.58. The van der Waals surface area contributed by atoms with Gasteiger partial charge < -0.3 is 15.3 Å². The summed E-state index contributed by atoms with van der Waals surface area (Å²) < 4.78 is 0. The summed E-state index contributed by atoms with van der Waals surface area (Å²) >= 11 is 0. The Morgan fingerprint density at radius 1 is 1.38 bits per heavy atom. The molecule has 0 spiro atoms. The Morgan fingerprint density at radius 3 is 2.95 bits per heavy atom. The first-order valence-corrected chi connectivity index (χ1v) is 7.60. The number of nitrogens with zero attached hydrogens (tertiary/aromatic N) is 2. The quantitative estimate of drug-likeness (QED) is 0.908. The van der Waals surface area contributed by atoms with Gasteiger partial charge in [0.25, 0.3) is 0 Å². The van der Waals surface area contributed by atoms with Crippen LogP contribution in [0.5, 0.6) is 0 Å². The SMILES string of the molecule is CNCc1cc2ccccc2nc1N1CCCC(C)(O)C1. The average molecular weight is 285 g/mol. The van der Waals surface area contributed by atoms with Crippen LogP contribution in [0, 0.1) is 0 Å². The number of para-hydroxylation sites is 1. The van der Waals surface area contributed by atoms with E-state index < -0.39 is 5.60 Å². The number of β-amino-alcohol motifs (C(OH)–C–C–N with tert-alkyl or cyclic N) is 1. The molecule has 2 N–H and O–H groups in total. The summed E-state index contributed by atoms with van der Waals surface area (Å²) in [6, 6.07) is 10.4. The van der Waals surface area contributed by atoms with Crippen molar-refractivity contribution in [2.45, 2.75) is 31.9 Å². The molecule has 2 heterocycles. The molecule has 0 radical (unpaired) electrons. The Morgan fingerprint density at radius 2 is 2.19 bits per heavy atom. The van der Waals surface area contributed by atoms with Gasteiger partial charge in [-0.25, -0.2) is 4.98 Å². The molecule has 4 nitrogen and oxygen atoms in total. The third-order valence-corrected chi connectivity index (χ3v) is 4.12. The van der Waals surface area contributed by atoms with E-state index in [0.29, 0.717) is 6.54 Å². The van der Waals surface area contributed by atoms with Crippen LogP contribution in [0.1, 0.15) is 25.3 Å². The van der Waals surface area contributed by atoms with Gasteiger partial charge in [0.1, 0.15) is 5.82 Å². The van der Waals surface area contributed by atoms with Crippen molar-refractivity contribution in [1.82, 2.24) is 10.3 Å². The first-order chi connectivity index (χ1) is 10.1. The zero-order chi connectivity index (χ0) is 14.9. The van der Waals surface area contributed by atoms with Crippen molar-refractivity contribution in [2.75, 3.05) is 25.0 Å². The number of aliphatic hydroxyl groups is 1. The van der Waals surface area contributed by atoms with E-state index in [-0.39, 0.29) is 0 Å². The van der Waals surface area contributed by atoms with Gasteiger partial charge in [0.05, 0.1) is 11.1 Å². The normalized spacial score (nSPS) is 22.7. The number of rotatable bonds is 3. The Balaban J connectivity index is 2.04. The summed E-state index contributed by atoms with van der Waals surface area (Å²) in [7, 11) is 1.95. The lowest BCUT2D eigenvalue weighted by atomic mass is 9.95. The van der Waals surface area contributed by atoms with Crippen LogP contribution in [0.3, 0.4) is 0 Å². The molecule has 1 aliphatic rings. The predicted molar refractivity (Wildman–Crippen MR) is 86.6 cm³/mol. The van der Waals surface area contributed by atoms with E-state index in [2.05, 4.69) is 22.3 Å². The molecule has 1 atom stereocenters. The van der Waals surface area contributed by atoms with Crippen LogP contribution >= 0.6 is 0 Å². The predicted octanol–water partition coefficient (Wildman–Crippen LogP) is 2.31. The molecule has 1 fully saturated rings. The number of benzene rings is 1. The van der Waals surface area contributed by atoms with Crippen molar-refractivity contribution >= 4 is 16.7 Å². The van der Waals surface area contributed by atoms with Gasteiger partial charge in [0.2, 0.25) is 0 Å². The van der Waals surface area contributed by atoms with E-state index in [1.807, 2.05) is 32.2 Å². The number of hydrogen-bond donors (Lipinski definition) is 2. The second kappa shape index (κ2) is 5.62. The minimum Gasteiger partial charge on any atom is -0.388 e. The van der Waals surface area contributed by atoms with E-state index in [1.165, 1.54) is 5.56 Å². The van der Waals surface area contributed by atoms with Crippen molar-refractivity contribution in [3.63, 3.8) is 0 Å². The van der Waals surface area contributed by atoms with Gasteiger partial charge in [0.15, 0.2) is 0 Å². The highest BCUT2D eigenvalue weighted by atomic mass is 16.3. The number of pyridine rings is 1. The molecule has 1 aromatic heterocycles. The Bertz CT molecular complexity index is 639. The fourth-order valence-electron chi connectivity index (χ4n) is 3.14. The van der Waals surface area contributed by atoms with Crippen LogP contribution < -0.4 is 10.2 Å². The fourth-order valence-corrected chi connectivity index (χ4v) is 3.14. The highest BCUT2D eigenvalue weighted by Gasteiger charge is 2.30. The van der Waals surface area contributed by atoms with E-state index in [1.54, 1.807) is 0 Å². The first kappa shape index (κ1) is 14.3. The third-order valence-electron chi connectivity index (χ3n) is 4.12.